The van der Waals surface area contributed by atoms with Crippen molar-refractivity contribution in [1.82, 2.24) is 0 Å². The van der Waals surface area contributed by atoms with Gasteiger partial charge in [0.1, 0.15) is 0 Å². The molecule has 0 aromatic heterocycles. The van der Waals surface area contributed by atoms with Crippen LogP contribution in [0.2, 0.25) is 0 Å². The van der Waals surface area contributed by atoms with E-state index < -0.39 is 0 Å². The highest BCUT2D eigenvalue weighted by Crippen LogP contribution is 2.37. The van der Waals surface area contributed by atoms with Gasteiger partial charge in [-0.2, -0.15) is 0 Å². The fourth-order valence-corrected chi connectivity index (χ4v) is 3.79. The van der Waals surface area contributed by atoms with Crippen molar-refractivity contribution >= 4 is 11.5 Å². The molecule has 0 atom stereocenters. The summed E-state index contributed by atoms with van der Waals surface area (Å²) in [5.74, 6) is 0.832. The number of nitrogens with two attached hydrogens (primary N) is 1. The number of rotatable bonds is 3. The topological polar surface area (TPSA) is 55.1 Å². The number of benzene rings is 2. The lowest BCUT2D eigenvalue weighted by Crippen LogP contribution is -2.29. The number of hydrogen-bond donors (Lipinski definition) is 2. The van der Waals surface area contributed by atoms with Gasteiger partial charge in [0.05, 0.1) is 0 Å². The average Bonchev–Trinajstić information content (AvgIpc) is 2.87. The Hall–Kier alpha value is -2.13. The molecule has 4 rings (SSSR count). The maximum Gasteiger partial charge on any atom is 0.194 e. The number of carbonyl (C=O) groups excluding carboxylic acids is 1. The Balaban J connectivity index is 1.50. The molecule has 1 saturated carbocycles. The second-order valence-corrected chi connectivity index (χ2v) is 6.80. The second kappa shape index (κ2) is 5.82. The molecule has 23 heavy (non-hydrogen) atoms. The molecule has 0 radical (unpaired) electrons. The highest BCUT2D eigenvalue weighted by Gasteiger charge is 2.26. The van der Waals surface area contributed by atoms with Crippen molar-refractivity contribution in [2.75, 3.05) is 11.9 Å². The van der Waals surface area contributed by atoms with Crippen LogP contribution in [0.3, 0.4) is 0 Å². The molecule has 2 aromatic rings. The zero-order chi connectivity index (χ0) is 15.8. The fraction of sp³-hybridized carbons (Fsp3) is 0.350. The van der Waals surface area contributed by atoms with Gasteiger partial charge in [-0.05, 0) is 54.9 Å². The van der Waals surface area contributed by atoms with Crippen molar-refractivity contribution in [3.05, 3.63) is 53.6 Å². The van der Waals surface area contributed by atoms with E-state index in [-0.39, 0.29) is 5.78 Å². The van der Waals surface area contributed by atoms with Crippen LogP contribution in [0, 0.1) is 5.92 Å². The molecule has 2 aliphatic rings. The summed E-state index contributed by atoms with van der Waals surface area (Å²) in [4.78, 5) is 12.5. The lowest BCUT2D eigenvalue weighted by Gasteiger charge is -2.26. The maximum absolute atomic E-state index is 12.5. The van der Waals surface area contributed by atoms with E-state index >= 15 is 0 Å². The molecule has 0 spiro atoms. The number of ketones is 1. The molecule has 3 heteroatoms. The van der Waals surface area contributed by atoms with E-state index in [1.165, 1.54) is 12.8 Å². The van der Waals surface area contributed by atoms with Crippen LogP contribution in [-0.4, -0.2) is 18.4 Å². The van der Waals surface area contributed by atoms with Gasteiger partial charge >= 0.3 is 0 Å². The molecule has 0 heterocycles. The summed E-state index contributed by atoms with van der Waals surface area (Å²) in [5, 5.41) is 3.51. The number of anilines is 1. The van der Waals surface area contributed by atoms with Crippen molar-refractivity contribution in [3.8, 4) is 11.1 Å². The van der Waals surface area contributed by atoms with Gasteiger partial charge in [-0.25, -0.2) is 0 Å². The maximum atomic E-state index is 12.5. The molecule has 2 aliphatic carbocycles. The van der Waals surface area contributed by atoms with Crippen LogP contribution in [0.4, 0.5) is 5.69 Å². The van der Waals surface area contributed by atoms with Gasteiger partial charge in [0.2, 0.25) is 0 Å². The monoisotopic (exact) mass is 306 g/mol. The van der Waals surface area contributed by atoms with Crippen molar-refractivity contribution in [2.45, 2.75) is 31.7 Å². The Morgan fingerprint density at radius 2 is 1.61 bits per heavy atom. The Morgan fingerprint density at radius 3 is 2.39 bits per heavy atom. The van der Waals surface area contributed by atoms with Crippen LogP contribution < -0.4 is 11.1 Å². The van der Waals surface area contributed by atoms with Gasteiger partial charge in [-0.15, -0.1) is 0 Å². The molecule has 3 N–H and O–H groups in total. The Bertz CT molecular complexity index is 745. The van der Waals surface area contributed by atoms with E-state index in [9.17, 15) is 4.79 Å². The molecule has 1 fully saturated rings. The molecular formula is C20H22N2O. The first-order valence-corrected chi connectivity index (χ1v) is 8.50. The van der Waals surface area contributed by atoms with E-state index in [1.54, 1.807) is 0 Å². The van der Waals surface area contributed by atoms with Crippen molar-refractivity contribution in [1.29, 1.82) is 0 Å². The summed E-state index contributed by atoms with van der Waals surface area (Å²) in [6.45, 7) is 0.965. The third kappa shape index (κ3) is 2.66. The van der Waals surface area contributed by atoms with Crippen LogP contribution >= 0.6 is 0 Å². The molecular weight excluding hydrogens is 284 g/mol. The summed E-state index contributed by atoms with van der Waals surface area (Å²) in [5.41, 5.74) is 10.8. The second-order valence-electron chi connectivity index (χ2n) is 6.80. The first-order valence-electron chi connectivity index (χ1n) is 8.50. The number of hydrogen-bond acceptors (Lipinski definition) is 3. The highest BCUT2D eigenvalue weighted by atomic mass is 16.1. The Kier molecular flexibility index (Phi) is 3.66. The van der Waals surface area contributed by atoms with Gasteiger partial charge in [0.25, 0.3) is 0 Å². The van der Waals surface area contributed by atoms with Crippen LogP contribution in [0.1, 0.15) is 41.6 Å². The predicted molar refractivity (Wildman–Crippen MR) is 93.7 cm³/mol. The SMILES string of the molecule is NC1CCC(CNc2ccc3c(c2)C(=O)c2ccccc2-3)CC1. The van der Waals surface area contributed by atoms with E-state index in [4.69, 9.17) is 5.73 Å². The molecule has 0 saturated heterocycles. The Morgan fingerprint density at radius 1 is 0.913 bits per heavy atom. The largest absolute Gasteiger partial charge is 0.385 e. The van der Waals surface area contributed by atoms with Crippen molar-refractivity contribution < 1.29 is 4.79 Å². The molecule has 0 bridgehead atoms. The quantitative estimate of drug-likeness (QED) is 0.773. The summed E-state index contributed by atoms with van der Waals surface area (Å²) < 4.78 is 0. The van der Waals surface area contributed by atoms with E-state index in [0.717, 1.165) is 47.3 Å². The predicted octanol–water partition coefficient (Wildman–Crippen LogP) is 3.83. The van der Waals surface area contributed by atoms with E-state index in [1.807, 2.05) is 30.3 Å². The molecule has 3 nitrogen and oxygen atoms in total. The molecule has 2 aromatic carbocycles. The third-order valence-corrected chi connectivity index (χ3v) is 5.21. The van der Waals surface area contributed by atoms with Gasteiger partial charge in [-0.1, -0.05) is 30.3 Å². The van der Waals surface area contributed by atoms with Crippen molar-refractivity contribution in [2.24, 2.45) is 11.7 Å². The molecule has 0 aliphatic heterocycles. The van der Waals surface area contributed by atoms with E-state index in [2.05, 4.69) is 17.4 Å². The first-order chi connectivity index (χ1) is 11.2. The fourth-order valence-electron chi connectivity index (χ4n) is 3.79. The summed E-state index contributed by atoms with van der Waals surface area (Å²) in [6, 6.07) is 14.4. The van der Waals surface area contributed by atoms with Crippen LogP contribution in [0.25, 0.3) is 11.1 Å². The smallest absolute Gasteiger partial charge is 0.194 e. The average molecular weight is 306 g/mol. The van der Waals surface area contributed by atoms with E-state index in [0.29, 0.717) is 12.0 Å². The van der Waals surface area contributed by atoms with Crippen LogP contribution in [-0.2, 0) is 0 Å². The number of fused-ring (bicyclic) bond motifs is 3. The van der Waals surface area contributed by atoms with Gasteiger partial charge in [-0.3, -0.25) is 4.79 Å². The van der Waals surface area contributed by atoms with Crippen molar-refractivity contribution in [3.63, 3.8) is 0 Å². The molecule has 0 amide bonds. The summed E-state index contributed by atoms with van der Waals surface area (Å²) in [7, 11) is 0. The Labute approximate surface area is 136 Å². The van der Waals surface area contributed by atoms with Gasteiger partial charge < -0.3 is 11.1 Å². The lowest BCUT2D eigenvalue weighted by atomic mass is 9.86. The normalized spacial score (nSPS) is 22.6. The zero-order valence-corrected chi connectivity index (χ0v) is 13.2. The standard InChI is InChI=1S/C20H22N2O/c21-14-7-5-13(6-8-14)12-22-15-9-10-17-16-3-1-2-4-18(16)20(23)19(17)11-15/h1-4,9-11,13-14,22H,5-8,12,21H2. The lowest BCUT2D eigenvalue weighted by molar-refractivity contribution is 0.104. The molecule has 0 unspecified atom stereocenters. The first kappa shape index (κ1) is 14.5. The summed E-state index contributed by atoms with van der Waals surface area (Å²) >= 11 is 0. The third-order valence-electron chi connectivity index (χ3n) is 5.21. The van der Waals surface area contributed by atoms with Crippen LogP contribution in [0.5, 0.6) is 0 Å². The minimum atomic E-state index is 0.142. The summed E-state index contributed by atoms with van der Waals surface area (Å²) in [6.07, 6.45) is 4.65. The number of carbonyl (C=O) groups is 1. The van der Waals surface area contributed by atoms with Gasteiger partial charge in [0.15, 0.2) is 5.78 Å². The van der Waals surface area contributed by atoms with Crippen LogP contribution in [0.15, 0.2) is 42.5 Å². The van der Waals surface area contributed by atoms with Gasteiger partial charge in [0, 0.05) is 29.4 Å². The number of nitrogens with one attached hydrogen (secondary N) is 1. The zero-order valence-electron chi connectivity index (χ0n) is 13.2. The minimum absolute atomic E-state index is 0.142. The minimum Gasteiger partial charge on any atom is -0.385 e. The molecule has 118 valence electrons. The highest BCUT2D eigenvalue weighted by molar-refractivity contribution is 6.22.